The van der Waals surface area contributed by atoms with Crippen molar-refractivity contribution in [3.8, 4) is 0 Å². The Balaban J connectivity index is 1.89. The fraction of sp³-hybridized carbons (Fsp3) is 0.300. The highest BCUT2D eigenvalue weighted by molar-refractivity contribution is 7.89. The van der Waals surface area contributed by atoms with Crippen LogP contribution in [0, 0.1) is 19.7 Å². The second kappa shape index (κ2) is 8.13. The van der Waals surface area contributed by atoms with Crippen LogP contribution < -0.4 is 11.1 Å². The third kappa shape index (κ3) is 4.20. The number of β-amino-alcohol motifs (C(OH)–C–C–N with tert-alkyl or cyclic N) is 1. The van der Waals surface area contributed by atoms with E-state index in [2.05, 4.69) is 5.32 Å². The predicted molar refractivity (Wildman–Crippen MR) is 108 cm³/mol. The standard InChI is InChI=1S/C20H22FN3O5S/c1-11-3-5-15(7-12(11)2)30(28,29)24-10-14(25)9-18(24)20(27)23-13-4-6-17(21)16(8-13)19(22)26/h3-8,14,18,25H,9-10H2,1-2H3,(H2,22,26)(H,23,27)/t14?,18-/m0/s1. The van der Waals surface area contributed by atoms with E-state index in [1.165, 1.54) is 18.2 Å². The van der Waals surface area contributed by atoms with Crippen molar-refractivity contribution in [1.82, 2.24) is 4.31 Å². The minimum atomic E-state index is -4.05. The molecule has 0 saturated carbocycles. The highest BCUT2D eigenvalue weighted by atomic mass is 32.2. The van der Waals surface area contributed by atoms with Crippen LogP contribution in [0.25, 0.3) is 0 Å². The lowest BCUT2D eigenvalue weighted by Crippen LogP contribution is -2.43. The summed E-state index contributed by atoms with van der Waals surface area (Å²) in [7, 11) is -4.05. The fourth-order valence-corrected chi connectivity index (χ4v) is 5.04. The summed E-state index contributed by atoms with van der Waals surface area (Å²) in [6, 6.07) is 6.75. The van der Waals surface area contributed by atoms with Gasteiger partial charge in [0, 0.05) is 18.7 Å². The quantitative estimate of drug-likeness (QED) is 0.652. The number of primary amides is 1. The van der Waals surface area contributed by atoms with E-state index in [1.54, 1.807) is 13.0 Å². The third-order valence-corrected chi connectivity index (χ3v) is 6.99. The summed E-state index contributed by atoms with van der Waals surface area (Å²) in [5, 5.41) is 12.5. The van der Waals surface area contributed by atoms with Crippen LogP contribution in [0.1, 0.15) is 27.9 Å². The molecule has 1 heterocycles. The van der Waals surface area contributed by atoms with Crippen molar-refractivity contribution in [2.75, 3.05) is 11.9 Å². The van der Waals surface area contributed by atoms with E-state index < -0.39 is 45.4 Å². The second-order valence-electron chi connectivity index (χ2n) is 7.27. The molecule has 0 radical (unpaired) electrons. The lowest BCUT2D eigenvalue weighted by molar-refractivity contribution is -0.119. The molecule has 4 N–H and O–H groups in total. The van der Waals surface area contributed by atoms with Crippen molar-refractivity contribution in [1.29, 1.82) is 0 Å². The zero-order chi connectivity index (χ0) is 22.2. The Morgan fingerprint density at radius 2 is 1.87 bits per heavy atom. The molecule has 0 aliphatic carbocycles. The highest BCUT2D eigenvalue weighted by Gasteiger charge is 2.43. The maximum atomic E-state index is 13.6. The van der Waals surface area contributed by atoms with Gasteiger partial charge in [0.1, 0.15) is 11.9 Å². The number of carbonyl (C=O) groups is 2. The van der Waals surface area contributed by atoms with Gasteiger partial charge in [-0.25, -0.2) is 12.8 Å². The van der Waals surface area contributed by atoms with Gasteiger partial charge in [-0.3, -0.25) is 9.59 Å². The van der Waals surface area contributed by atoms with Crippen LogP contribution in [0.2, 0.25) is 0 Å². The van der Waals surface area contributed by atoms with Crippen LogP contribution in [0.15, 0.2) is 41.3 Å². The Morgan fingerprint density at radius 1 is 1.17 bits per heavy atom. The Hall–Kier alpha value is -2.82. The number of carbonyl (C=O) groups excluding carboxylic acids is 2. The number of rotatable bonds is 5. The van der Waals surface area contributed by atoms with E-state index in [9.17, 15) is 27.5 Å². The van der Waals surface area contributed by atoms with Crippen LogP contribution in [0.4, 0.5) is 10.1 Å². The zero-order valence-electron chi connectivity index (χ0n) is 16.4. The summed E-state index contributed by atoms with van der Waals surface area (Å²) in [5.74, 6) is -2.55. The summed E-state index contributed by atoms with van der Waals surface area (Å²) in [6.07, 6.45) is -1.11. The van der Waals surface area contributed by atoms with Crippen molar-refractivity contribution in [3.05, 3.63) is 58.9 Å². The van der Waals surface area contributed by atoms with Crippen LogP contribution in [0.5, 0.6) is 0 Å². The van der Waals surface area contributed by atoms with Gasteiger partial charge >= 0.3 is 0 Å². The van der Waals surface area contributed by atoms with E-state index in [4.69, 9.17) is 5.73 Å². The Morgan fingerprint density at radius 3 is 2.50 bits per heavy atom. The molecule has 8 nitrogen and oxygen atoms in total. The van der Waals surface area contributed by atoms with Gasteiger partial charge < -0.3 is 16.2 Å². The monoisotopic (exact) mass is 435 g/mol. The van der Waals surface area contributed by atoms with Gasteiger partial charge in [0.05, 0.1) is 16.6 Å². The highest BCUT2D eigenvalue weighted by Crippen LogP contribution is 2.28. The van der Waals surface area contributed by atoms with Crippen molar-refractivity contribution < 1.29 is 27.5 Å². The van der Waals surface area contributed by atoms with Gasteiger partial charge in [-0.15, -0.1) is 0 Å². The average Bonchev–Trinajstić information content (AvgIpc) is 3.08. The van der Waals surface area contributed by atoms with Crippen LogP contribution in [-0.4, -0.2) is 48.3 Å². The number of aliphatic hydroxyl groups excluding tert-OH is 1. The minimum absolute atomic E-state index is 0.0234. The van der Waals surface area contributed by atoms with E-state index in [0.717, 1.165) is 27.6 Å². The number of sulfonamides is 1. The van der Waals surface area contributed by atoms with E-state index >= 15 is 0 Å². The topological polar surface area (TPSA) is 130 Å². The molecule has 1 aliphatic rings. The molecule has 10 heteroatoms. The molecule has 1 saturated heterocycles. The van der Waals surface area contributed by atoms with Gasteiger partial charge in [0.25, 0.3) is 5.91 Å². The summed E-state index contributed by atoms with van der Waals surface area (Å²) in [4.78, 5) is 24.1. The summed E-state index contributed by atoms with van der Waals surface area (Å²) in [6.45, 7) is 3.40. The Kier molecular flexibility index (Phi) is 5.93. The molecule has 160 valence electrons. The number of nitrogens with one attached hydrogen (secondary N) is 1. The number of anilines is 1. The maximum absolute atomic E-state index is 13.6. The number of nitrogens with two attached hydrogens (primary N) is 1. The molecule has 2 aromatic rings. The Bertz CT molecular complexity index is 1120. The molecule has 3 rings (SSSR count). The lowest BCUT2D eigenvalue weighted by atomic mass is 10.1. The predicted octanol–water partition coefficient (Wildman–Crippen LogP) is 1.30. The second-order valence-corrected chi connectivity index (χ2v) is 9.16. The van der Waals surface area contributed by atoms with Crippen LogP contribution in [-0.2, 0) is 14.8 Å². The molecular weight excluding hydrogens is 413 g/mol. The van der Waals surface area contributed by atoms with Gasteiger partial charge in [0.15, 0.2) is 0 Å². The normalized spacial score (nSPS) is 19.6. The summed E-state index contributed by atoms with van der Waals surface area (Å²) < 4.78 is 40.8. The molecule has 1 fully saturated rings. The molecule has 2 aromatic carbocycles. The van der Waals surface area contributed by atoms with Gasteiger partial charge in [-0.1, -0.05) is 6.07 Å². The largest absolute Gasteiger partial charge is 0.392 e. The first-order valence-corrected chi connectivity index (χ1v) is 10.6. The number of aryl methyl sites for hydroxylation is 2. The smallest absolute Gasteiger partial charge is 0.251 e. The first kappa shape index (κ1) is 21.9. The number of nitrogens with zero attached hydrogens (tertiary/aromatic N) is 1. The van der Waals surface area contributed by atoms with E-state index in [0.29, 0.717) is 0 Å². The minimum Gasteiger partial charge on any atom is -0.392 e. The van der Waals surface area contributed by atoms with Gasteiger partial charge in [0.2, 0.25) is 15.9 Å². The third-order valence-electron chi connectivity index (χ3n) is 5.12. The van der Waals surface area contributed by atoms with Crippen LogP contribution >= 0.6 is 0 Å². The van der Waals surface area contributed by atoms with E-state index in [-0.39, 0.29) is 23.5 Å². The maximum Gasteiger partial charge on any atom is 0.251 e. The first-order chi connectivity index (χ1) is 14.0. The Labute approximate surface area is 173 Å². The molecule has 1 aliphatic heterocycles. The number of aliphatic hydroxyl groups is 1. The van der Waals surface area contributed by atoms with Crippen LogP contribution in [0.3, 0.4) is 0 Å². The number of benzene rings is 2. The number of hydrogen-bond donors (Lipinski definition) is 3. The molecular formula is C20H22FN3O5S. The summed E-state index contributed by atoms with van der Waals surface area (Å²) in [5.41, 5.74) is 6.49. The van der Waals surface area contributed by atoms with Crippen molar-refractivity contribution in [3.63, 3.8) is 0 Å². The van der Waals surface area contributed by atoms with Crippen molar-refractivity contribution >= 4 is 27.5 Å². The van der Waals surface area contributed by atoms with Gasteiger partial charge in [-0.05, 0) is 55.3 Å². The average molecular weight is 435 g/mol. The first-order valence-electron chi connectivity index (χ1n) is 9.18. The van der Waals surface area contributed by atoms with Gasteiger partial charge in [-0.2, -0.15) is 4.31 Å². The molecule has 30 heavy (non-hydrogen) atoms. The molecule has 1 unspecified atom stereocenters. The zero-order valence-corrected chi connectivity index (χ0v) is 17.2. The molecule has 0 bridgehead atoms. The number of halogens is 1. The fourth-order valence-electron chi connectivity index (χ4n) is 3.32. The number of hydrogen-bond acceptors (Lipinski definition) is 5. The molecule has 0 spiro atoms. The van der Waals surface area contributed by atoms with E-state index in [1.807, 2.05) is 6.92 Å². The van der Waals surface area contributed by atoms with Crippen molar-refractivity contribution in [2.45, 2.75) is 37.3 Å². The number of amides is 2. The van der Waals surface area contributed by atoms with Crippen molar-refractivity contribution in [2.24, 2.45) is 5.73 Å². The summed E-state index contributed by atoms with van der Waals surface area (Å²) >= 11 is 0. The lowest BCUT2D eigenvalue weighted by Gasteiger charge is -2.23. The molecule has 2 atom stereocenters. The SMILES string of the molecule is Cc1ccc(S(=O)(=O)N2CC(O)C[C@H]2C(=O)Nc2ccc(F)c(C(N)=O)c2)cc1C. The molecule has 2 amide bonds. The molecule has 0 aromatic heterocycles.